The molecule has 0 fully saturated rings. The number of rotatable bonds is 3. The Morgan fingerprint density at radius 3 is 2.23 bits per heavy atom. The molecule has 6 heteroatoms. The van der Waals surface area contributed by atoms with E-state index >= 15 is 0 Å². The predicted octanol–water partition coefficient (Wildman–Crippen LogP) is 4.78. The Kier molecular flexibility index (Phi) is 8.02. The van der Waals surface area contributed by atoms with Gasteiger partial charge in [-0.25, -0.2) is 4.98 Å². The summed E-state index contributed by atoms with van der Waals surface area (Å²) in [4.78, 5) is 30.5. The number of carbonyl (C=O) groups is 2. The first kappa shape index (κ1) is 20.9. The molecule has 0 aliphatic carbocycles. The number of hydrogen-bond donors (Lipinski definition) is 3. The number of phenols is 1. The van der Waals surface area contributed by atoms with Crippen LogP contribution in [0.2, 0.25) is 0 Å². The number of hydrogen-bond acceptors (Lipinski definition) is 4. The van der Waals surface area contributed by atoms with Crippen molar-refractivity contribution in [2.45, 2.75) is 34.6 Å². The molecule has 0 atom stereocenters. The van der Waals surface area contributed by atoms with Crippen LogP contribution >= 0.6 is 0 Å². The number of H-pyrrole nitrogens is 1. The van der Waals surface area contributed by atoms with Crippen molar-refractivity contribution in [2.75, 3.05) is 5.32 Å². The SMILES string of the molecule is CC.CC.CC(=O)c1cc2cc(NC(=O)c3ccc(O)cc3)cnc2[nH]1. The highest BCUT2D eigenvalue weighted by molar-refractivity contribution is 6.05. The highest BCUT2D eigenvalue weighted by Crippen LogP contribution is 2.19. The Morgan fingerprint density at radius 2 is 1.65 bits per heavy atom. The predicted molar refractivity (Wildman–Crippen MR) is 105 cm³/mol. The largest absolute Gasteiger partial charge is 0.508 e. The number of aromatic amines is 1. The van der Waals surface area contributed by atoms with Crippen molar-refractivity contribution in [1.29, 1.82) is 0 Å². The molecule has 0 unspecified atom stereocenters. The highest BCUT2D eigenvalue weighted by Gasteiger charge is 2.09. The third-order valence-corrected chi connectivity index (χ3v) is 3.24. The van der Waals surface area contributed by atoms with Crippen LogP contribution in [0.4, 0.5) is 5.69 Å². The molecular formula is C20H25N3O3. The van der Waals surface area contributed by atoms with E-state index in [4.69, 9.17) is 0 Å². The van der Waals surface area contributed by atoms with E-state index in [-0.39, 0.29) is 17.4 Å². The number of anilines is 1. The monoisotopic (exact) mass is 355 g/mol. The van der Waals surface area contributed by atoms with Crippen molar-refractivity contribution in [3.63, 3.8) is 0 Å². The van der Waals surface area contributed by atoms with E-state index in [0.29, 0.717) is 22.6 Å². The first-order chi connectivity index (χ1) is 12.5. The molecule has 6 nitrogen and oxygen atoms in total. The Bertz CT molecular complexity index is 868. The molecule has 0 aliphatic heterocycles. The lowest BCUT2D eigenvalue weighted by Crippen LogP contribution is -2.11. The van der Waals surface area contributed by atoms with E-state index in [9.17, 15) is 14.7 Å². The van der Waals surface area contributed by atoms with Gasteiger partial charge in [0.05, 0.1) is 17.6 Å². The van der Waals surface area contributed by atoms with Crippen LogP contribution in [0.25, 0.3) is 11.0 Å². The van der Waals surface area contributed by atoms with E-state index in [1.807, 2.05) is 27.7 Å². The zero-order valence-corrected chi connectivity index (χ0v) is 15.8. The molecule has 2 aromatic heterocycles. The van der Waals surface area contributed by atoms with Crippen LogP contribution in [0.5, 0.6) is 5.75 Å². The Morgan fingerprint density at radius 1 is 1.04 bits per heavy atom. The number of pyridine rings is 1. The minimum atomic E-state index is -0.302. The topological polar surface area (TPSA) is 95.1 Å². The van der Waals surface area contributed by atoms with E-state index in [1.54, 1.807) is 12.1 Å². The molecule has 26 heavy (non-hydrogen) atoms. The minimum absolute atomic E-state index is 0.0762. The van der Waals surface area contributed by atoms with Crippen molar-refractivity contribution in [2.24, 2.45) is 0 Å². The van der Waals surface area contributed by atoms with Gasteiger partial charge in [0.2, 0.25) is 0 Å². The van der Waals surface area contributed by atoms with Gasteiger partial charge in [-0.15, -0.1) is 0 Å². The average molecular weight is 355 g/mol. The third-order valence-electron chi connectivity index (χ3n) is 3.24. The summed E-state index contributed by atoms with van der Waals surface area (Å²) in [5.41, 5.74) is 2.02. The van der Waals surface area contributed by atoms with Crippen LogP contribution in [-0.4, -0.2) is 26.8 Å². The van der Waals surface area contributed by atoms with Crippen molar-refractivity contribution in [1.82, 2.24) is 9.97 Å². The van der Waals surface area contributed by atoms with Crippen molar-refractivity contribution in [3.05, 3.63) is 53.9 Å². The second-order valence-electron chi connectivity index (χ2n) is 4.90. The molecule has 138 valence electrons. The van der Waals surface area contributed by atoms with E-state index in [0.717, 1.165) is 5.39 Å². The highest BCUT2D eigenvalue weighted by atomic mass is 16.3. The normalized spacial score (nSPS) is 9.42. The van der Waals surface area contributed by atoms with Gasteiger partial charge in [-0.2, -0.15) is 0 Å². The fourth-order valence-electron chi connectivity index (χ4n) is 2.09. The van der Waals surface area contributed by atoms with Gasteiger partial charge in [0.1, 0.15) is 11.4 Å². The van der Waals surface area contributed by atoms with Crippen LogP contribution in [0.1, 0.15) is 55.5 Å². The molecular weight excluding hydrogens is 330 g/mol. The summed E-state index contributed by atoms with van der Waals surface area (Å²) in [5, 5.41) is 12.7. The number of aromatic hydroxyl groups is 1. The first-order valence-corrected chi connectivity index (χ1v) is 8.63. The summed E-state index contributed by atoms with van der Waals surface area (Å²) in [7, 11) is 0. The van der Waals surface area contributed by atoms with Gasteiger partial charge in [0, 0.05) is 17.9 Å². The van der Waals surface area contributed by atoms with E-state index < -0.39 is 0 Å². The van der Waals surface area contributed by atoms with Gasteiger partial charge in [-0.1, -0.05) is 27.7 Å². The molecule has 3 N–H and O–H groups in total. The number of nitrogens with one attached hydrogen (secondary N) is 2. The minimum Gasteiger partial charge on any atom is -0.508 e. The molecule has 0 saturated heterocycles. The smallest absolute Gasteiger partial charge is 0.255 e. The van der Waals surface area contributed by atoms with Crippen LogP contribution in [0.15, 0.2) is 42.6 Å². The number of aromatic nitrogens is 2. The lowest BCUT2D eigenvalue weighted by Gasteiger charge is -2.05. The fourth-order valence-corrected chi connectivity index (χ4v) is 2.09. The Balaban J connectivity index is 0.000000791. The zero-order valence-electron chi connectivity index (χ0n) is 15.8. The lowest BCUT2D eigenvalue weighted by atomic mass is 10.2. The van der Waals surface area contributed by atoms with Gasteiger partial charge in [-0.3, -0.25) is 9.59 Å². The van der Waals surface area contributed by atoms with Gasteiger partial charge in [0.15, 0.2) is 5.78 Å². The first-order valence-electron chi connectivity index (χ1n) is 8.63. The van der Waals surface area contributed by atoms with E-state index in [2.05, 4.69) is 15.3 Å². The molecule has 0 spiro atoms. The molecule has 2 heterocycles. The number of ketones is 1. The quantitative estimate of drug-likeness (QED) is 0.589. The fraction of sp³-hybridized carbons (Fsp3) is 0.250. The standard InChI is InChI=1S/C16H13N3O3.2C2H6/c1-9(20)14-7-11-6-12(8-17-15(11)19-14)18-16(22)10-2-4-13(21)5-3-10;2*1-2/h2-8,21H,1H3,(H,17,19)(H,18,22);2*1-2H3. The van der Waals surface area contributed by atoms with Gasteiger partial charge in [0.25, 0.3) is 5.91 Å². The number of Topliss-reactive ketones (excluding diaryl/α,β-unsaturated/α-hetero) is 1. The van der Waals surface area contributed by atoms with Gasteiger partial charge in [-0.05, 0) is 36.4 Å². The maximum Gasteiger partial charge on any atom is 0.255 e. The number of benzene rings is 1. The van der Waals surface area contributed by atoms with Crippen molar-refractivity contribution >= 4 is 28.4 Å². The molecule has 3 aromatic rings. The summed E-state index contributed by atoms with van der Waals surface area (Å²) in [6.07, 6.45) is 1.51. The Labute approximate surface area is 153 Å². The third kappa shape index (κ3) is 5.17. The second-order valence-corrected chi connectivity index (χ2v) is 4.90. The number of nitrogens with zero attached hydrogens (tertiary/aromatic N) is 1. The van der Waals surface area contributed by atoms with Crippen molar-refractivity contribution in [3.8, 4) is 5.75 Å². The molecule has 0 aliphatic rings. The number of amides is 1. The summed E-state index contributed by atoms with van der Waals surface area (Å²) < 4.78 is 0. The van der Waals surface area contributed by atoms with Crippen LogP contribution in [-0.2, 0) is 0 Å². The molecule has 1 aromatic carbocycles. The summed E-state index contributed by atoms with van der Waals surface area (Å²) in [6, 6.07) is 9.38. The maximum absolute atomic E-state index is 12.1. The molecule has 3 rings (SSSR count). The molecule has 0 bridgehead atoms. The summed E-state index contributed by atoms with van der Waals surface area (Å²) in [6.45, 7) is 9.47. The van der Waals surface area contributed by atoms with Crippen LogP contribution in [0.3, 0.4) is 0 Å². The molecule has 0 saturated carbocycles. The molecule has 0 radical (unpaired) electrons. The lowest BCUT2D eigenvalue weighted by molar-refractivity contribution is 0.101. The summed E-state index contributed by atoms with van der Waals surface area (Å²) in [5.74, 6) is -0.278. The average Bonchev–Trinajstić information content (AvgIpc) is 3.09. The van der Waals surface area contributed by atoms with Gasteiger partial charge < -0.3 is 15.4 Å². The number of carbonyl (C=O) groups excluding carboxylic acids is 2. The summed E-state index contributed by atoms with van der Waals surface area (Å²) >= 11 is 0. The Hall–Kier alpha value is -3.15. The number of phenolic OH excluding ortho intramolecular Hbond substituents is 1. The van der Waals surface area contributed by atoms with Crippen LogP contribution in [0, 0.1) is 0 Å². The van der Waals surface area contributed by atoms with Crippen molar-refractivity contribution < 1.29 is 14.7 Å². The van der Waals surface area contributed by atoms with Crippen LogP contribution < -0.4 is 5.32 Å². The zero-order chi connectivity index (χ0) is 19.7. The molecule has 1 amide bonds. The second kappa shape index (κ2) is 9.98. The number of fused-ring (bicyclic) bond motifs is 1. The van der Waals surface area contributed by atoms with E-state index in [1.165, 1.54) is 37.4 Å². The van der Waals surface area contributed by atoms with Gasteiger partial charge >= 0.3 is 0 Å². The maximum atomic E-state index is 12.1.